The van der Waals surface area contributed by atoms with Crippen LogP contribution >= 0.6 is 11.8 Å². The van der Waals surface area contributed by atoms with Gasteiger partial charge < -0.3 is 5.32 Å². The molecule has 0 spiro atoms. The molecule has 0 radical (unpaired) electrons. The molecule has 33 heavy (non-hydrogen) atoms. The second kappa shape index (κ2) is 9.27. The van der Waals surface area contributed by atoms with Crippen molar-refractivity contribution >= 4 is 35.0 Å². The fourth-order valence-electron chi connectivity index (χ4n) is 3.52. The molecular formula is C24H18F4N2O2S. The van der Waals surface area contributed by atoms with Gasteiger partial charge in [-0.3, -0.25) is 14.5 Å². The van der Waals surface area contributed by atoms with Crippen molar-refractivity contribution in [2.75, 3.05) is 16.0 Å². The van der Waals surface area contributed by atoms with Gasteiger partial charge in [-0.1, -0.05) is 24.3 Å². The maximum Gasteiger partial charge on any atom is 0.416 e. The molecular weight excluding hydrogens is 456 g/mol. The zero-order chi connectivity index (χ0) is 23.6. The van der Waals surface area contributed by atoms with Crippen LogP contribution in [0.2, 0.25) is 0 Å². The highest BCUT2D eigenvalue weighted by Gasteiger charge is 2.35. The molecule has 1 fully saturated rings. The number of halogens is 4. The number of hydrogen-bond acceptors (Lipinski definition) is 3. The van der Waals surface area contributed by atoms with E-state index in [1.807, 2.05) is 0 Å². The molecule has 0 bridgehead atoms. The van der Waals surface area contributed by atoms with Crippen LogP contribution in [-0.4, -0.2) is 17.6 Å². The Kier molecular flexibility index (Phi) is 6.42. The van der Waals surface area contributed by atoms with Gasteiger partial charge >= 0.3 is 6.18 Å². The van der Waals surface area contributed by atoms with E-state index in [-0.39, 0.29) is 29.8 Å². The summed E-state index contributed by atoms with van der Waals surface area (Å²) in [6.07, 6.45) is -4.39. The number of amides is 2. The summed E-state index contributed by atoms with van der Waals surface area (Å²) in [6.45, 7) is 0. The van der Waals surface area contributed by atoms with Gasteiger partial charge in [0.15, 0.2) is 0 Å². The summed E-state index contributed by atoms with van der Waals surface area (Å²) < 4.78 is 51.7. The molecule has 2 amide bonds. The fourth-order valence-corrected chi connectivity index (χ4v) is 4.69. The third kappa shape index (κ3) is 5.36. The normalized spacial score (nSPS) is 16.2. The van der Waals surface area contributed by atoms with Gasteiger partial charge in [0.25, 0.3) is 0 Å². The minimum absolute atomic E-state index is 0.0683. The van der Waals surface area contributed by atoms with Crippen molar-refractivity contribution in [3.05, 3.63) is 95.3 Å². The van der Waals surface area contributed by atoms with E-state index in [1.54, 1.807) is 24.3 Å². The Bertz CT molecular complexity index is 1160. The summed E-state index contributed by atoms with van der Waals surface area (Å²) in [5, 5.41) is 2.35. The molecule has 0 saturated carbocycles. The third-order valence-electron chi connectivity index (χ3n) is 5.07. The number of anilines is 2. The van der Waals surface area contributed by atoms with E-state index >= 15 is 0 Å². The minimum atomic E-state index is -4.46. The van der Waals surface area contributed by atoms with Crippen LogP contribution in [0.5, 0.6) is 0 Å². The van der Waals surface area contributed by atoms with Gasteiger partial charge in [-0.15, -0.1) is 11.8 Å². The number of thioether (sulfide) groups is 1. The van der Waals surface area contributed by atoms with E-state index < -0.39 is 17.1 Å². The first-order valence-electron chi connectivity index (χ1n) is 9.96. The van der Waals surface area contributed by atoms with Crippen molar-refractivity contribution in [2.45, 2.75) is 18.0 Å². The highest BCUT2D eigenvalue weighted by Crippen LogP contribution is 2.43. The number of rotatable bonds is 5. The third-order valence-corrected chi connectivity index (χ3v) is 6.29. The Labute approximate surface area is 191 Å². The molecule has 1 saturated heterocycles. The van der Waals surface area contributed by atoms with Crippen LogP contribution in [0.25, 0.3) is 0 Å². The smallest absolute Gasteiger partial charge is 0.326 e. The zero-order valence-electron chi connectivity index (χ0n) is 17.1. The Balaban J connectivity index is 1.51. The SMILES string of the molecule is O=C(Cc1ccc(F)cc1)Nc1cccc([C@@H]2SCC(=O)N2c2ccc(C(F)(F)F)cc2)c1. The standard InChI is InChI=1S/C24H18F4N2O2S/c25-18-8-4-15(5-9-18)12-21(31)29-19-3-1-2-16(13-19)23-30(22(32)14-33-23)20-10-6-17(7-11-20)24(26,27)28/h1-11,13,23H,12,14H2,(H,29,31)/t23-/m0/s1. The molecule has 1 aliphatic heterocycles. The largest absolute Gasteiger partial charge is 0.416 e. The number of carbonyl (C=O) groups is 2. The van der Waals surface area contributed by atoms with E-state index in [0.717, 1.165) is 17.7 Å². The Morgan fingerprint density at radius 2 is 1.73 bits per heavy atom. The molecule has 4 nitrogen and oxygen atoms in total. The lowest BCUT2D eigenvalue weighted by Gasteiger charge is -2.25. The van der Waals surface area contributed by atoms with Crippen molar-refractivity contribution in [3.63, 3.8) is 0 Å². The van der Waals surface area contributed by atoms with Crippen molar-refractivity contribution in [1.29, 1.82) is 0 Å². The molecule has 1 N–H and O–H groups in total. The van der Waals surface area contributed by atoms with Crippen LogP contribution in [0.15, 0.2) is 72.8 Å². The fraction of sp³-hybridized carbons (Fsp3) is 0.167. The second-order valence-corrected chi connectivity index (χ2v) is 8.52. The lowest BCUT2D eigenvalue weighted by Crippen LogP contribution is -2.28. The predicted molar refractivity (Wildman–Crippen MR) is 119 cm³/mol. The molecule has 9 heteroatoms. The lowest BCUT2D eigenvalue weighted by atomic mass is 10.1. The summed E-state index contributed by atoms with van der Waals surface area (Å²) in [5.41, 5.74) is 1.49. The summed E-state index contributed by atoms with van der Waals surface area (Å²) in [6, 6.07) is 17.1. The molecule has 1 aliphatic rings. The zero-order valence-corrected chi connectivity index (χ0v) is 17.9. The Hall–Kier alpha value is -3.33. The number of alkyl halides is 3. The predicted octanol–water partition coefficient (Wildman–Crippen LogP) is 5.80. The molecule has 0 aromatic heterocycles. The molecule has 3 aromatic carbocycles. The first-order chi connectivity index (χ1) is 15.7. The first kappa shape index (κ1) is 22.8. The van der Waals surface area contributed by atoms with E-state index in [4.69, 9.17) is 0 Å². The molecule has 3 aromatic rings. The van der Waals surface area contributed by atoms with Crippen LogP contribution in [0.4, 0.5) is 28.9 Å². The molecule has 4 rings (SSSR count). The number of carbonyl (C=O) groups excluding carboxylic acids is 2. The quantitative estimate of drug-likeness (QED) is 0.475. The topological polar surface area (TPSA) is 49.4 Å². The van der Waals surface area contributed by atoms with Crippen LogP contribution in [0, 0.1) is 5.82 Å². The Morgan fingerprint density at radius 1 is 1.03 bits per heavy atom. The van der Waals surface area contributed by atoms with Crippen LogP contribution in [0.1, 0.15) is 22.1 Å². The highest BCUT2D eigenvalue weighted by molar-refractivity contribution is 8.00. The van der Waals surface area contributed by atoms with Crippen molar-refractivity contribution in [1.82, 2.24) is 0 Å². The monoisotopic (exact) mass is 474 g/mol. The molecule has 0 aliphatic carbocycles. The van der Waals surface area contributed by atoms with Crippen LogP contribution < -0.4 is 10.2 Å². The average Bonchev–Trinajstić information content (AvgIpc) is 3.16. The highest BCUT2D eigenvalue weighted by atomic mass is 32.2. The van der Waals surface area contributed by atoms with Crippen LogP contribution in [-0.2, 0) is 22.2 Å². The number of nitrogens with one attached hydrogen (secondary N) is 1. The Morgan fingerprint density at radius 3 is 2.39 bits per heavy atom. The summed E-state index contributed by atoms with van der Waals surface area (Å²) in [5.74, 6) is -0.690. The van der Waals surface area contributed by atoms with E-state index in [1.165, 1.54) is 53.1 Å². The minimum Gasteiger partial charge on any atom is -0.326 e. The number of benzene rings is 3. The average molecular weight is 474 g/mol. The van der Waals surface area contributed by atoms with Crippen LogP contribution in [0.3, 0.4) is 0 Å². The van der Waals surface area contributed by atoms with Gasteiger partial charge in [-0.05, 0) is 59.7 Å². The summed E-state index contributed by atoms with van der Waals surface area (Å²) in [7, 11) is 0. The molecule has 1 heterocycles. The second-order valence-electron chi connectivity index (χ2n) is 7.45. The van der Waals surface area contributed by atoms with Crippen molar-refractivity contribution in [2.24, 2.45) is 0 Å². The van der Waals surface area contributed by atoms with Gasteiger partial charge in [0.1, 0.15) is 11.2 Å². The van der Waals surface area contributed by atoms with Gasteiger partial charge in [0.2, 0.25) is 11.8 Å². The van der Waals surface area contributed by atoms with Crippen molar-refractivity contribution in [3.8, 4) is 0 Å². The van der Waals surface area contributed by atoms with E-state index in [0.29, 0.717) is 16.9 Å². The summed E-state index contributed by atoms with van der Waals surface area (Å²) in [4.78, 5) is 26.4. The van der Waals surface area contributed by atoms with E-state index in [2.05, 4.69) is 5.32 Å². The lowest BCUT2D eigenvalue weighted by molar-refractivity contribution is -0.137. The van der Waals surface area contributed by atoms with Gasteiger partial charge in [-0.2, -0.15) is 13.2 Å². The van der Waals surface area contributed by atoms with Gasteiger partial charge in [-0.25, -0.2) is 4.39 Å². The molecule has 170 valence electrons. The summed E-state index contributed by atoms with van der Waals surface area (Å²) >= 11 is 1.35. The van der Waals surface area contributed by atoms with Gasteiger partial charge in [0.05, 0.1) is 17.7 Å². The van der Waals surface area contributed by atoms with Gasteiger partial charge in [0, 0.05) is 11.4 Å². The van der Waals surface area contributed by atoms with E-state index in [9.17, 15) is 27.2 Å². The first-order valence-corrected chi connectivity index (χ1v) is 11.0. The maximum absolute atomic E-state index is 13.0. The maximum atomic E-state index is 13.0. The molecule has 1 atom stereocenters. The van der Waals surface area contributed by atoms with Crippen molar-refractivity contribution < 1.29 is 27.2 Å². The number of hydrogen-bond donors (Lipinski definition) is 1. The number of nitrogens with zero attached hydrogens (tertiary/aromatic N) is 1. The molecule has 0 unspecified atom stereocenters.